The second-order valence-corrected chi connectivity index (χ2v) is 9.22. The van der Waals surface area contributed by atoms with Gasteiger partial charge in [-0.3, -0.25) is 0 Å². The Morgan fingerprint density at radius 1 is 1.06 bits per heavy atom. The van der Waals surface area contributed by atoms with E-state index in [1.165, 1.54) is 6.42 Å². The fourth-order valence-corrected chi connectivity index (χ4v) is 4.82. The van der Waals surface area contributed by atoms with Crippen molar-refractivity contribution in [3.8, 4) is 11.4 Å². The highest BCUT2D eigenvalue weighted by atomic mass is 35.5. The number of halogens is 1. The summed E-state index contributed by atoms with van der Waals surface area (Å²) in [6.45, 7) is 2.49. The zero-order chi connectivity index (χ0) is 24.2. The molecule has 0 saturated heterocycles. The van der Waals surface area contributed by atoms with Crippen LogP contribution in [0, 0.1) is 0 Å². The Balaban J connectivity index is 1.67. The van der Waals surface area contributed by atoms with Crippen molar-refractivity contribution in [1.82, 2.24) is 15.1 Å². The predicted octanol–water partition coefficient (Wildman–Crippen LogP) is 7.26. The normalized spacial score (nSPS) is 14.1. The molecule has 1 heterocycles. The van der Waals surface area contributed by atoms with Crippen LogP contribution in [0.5, 0.6) is 5.75 Å². The van der Waals surface area contributed by atoms with Crippen molar-refractivity contribution < 1.29 is 9.53 Å². The third-order valence-electron chi connectivity index (χ3n) is 6.36. The number of amides is 2. The number of nitrogens with zero attached hydrogens (tertiary/aromatic N) is 3. The number of anilines is 2. The van der Waals surface area contributed by atoms with Crippen LogP contribution in [0.2, 0.25) is 5.02 Å². The summed E-state index contributed by atoms with van der Waals surface area (Å²) in [6.07, 6.45) is 5.48. The van der Waals surface area contributed by atoms with Crippen LogP contribution >= 0.6 is 11.6 Å². The Bertz CT molecular complexity index is 1310. The fraction of sp³-hybridized carbons (Fsp3) is 0.286. The molecule has 0 bridgehead atoms. The summed E-state index contributed by atoms with van der Waals surface area (Å²) in [5, 5.41) is 9.68. The van der Waals surface area contributed by atoms with Gasteiger partial charge in [0.25, 0.3) is 0 Å². The van der Waals surface area contributed by atoms with Crippen LogP contribution in [0.15, 0.2) is 72.8 Å². The maximum Gasteiger partial charge on any atom is 0.327 e. The molecule has 6 nitrogen and oxygen atoms in total. The number of carbonyl (C=O) groups excluding carboxylic acids is 1. The number of rotatable bonds is 6. The van der Waals surface area contributed by atoms with Crippen LogP contribution < -0.4 is 15.0 Å². The van der Waals surface area contributed by atoms with Gasteiger partial charge in [-0.05, 0) is 68.3 Å². The predicted molar refractivity (Wildman–Crippen MR) is 141 cm³/mol. The molecule has 0 radical (unpaired) electrons. The highest BCUT2D eigenvalue weighted by Crippen LogP contribution is 2.36. The lowest BCUT2D eigenvalue weighted by Crippen LogP contribution is -2.44. The number of hydrogen-bond acceptors (Lipinski definition) is 3. The molecule has 1 N–H and O–H groups in total. The molecule has 4 aromatic rings. The summed E-state index contributed by atoms with van der Waals surface area (Å²) in [6, 6.07) is 23.0. The number of ether oxygens (including phenoxy) is 1. The Hall–Kier alpha value is -3.51. The monoisotopic (exact) mass is 488 g/mol. The highest BCUT2D eigenvalue weighted by molar-refractivity contribution is 6.30. The number of fused-ring (bicyclic) bond motifs is 1. The lowest BCUT2D eigenvalue weighted by molar-refractivity contribution is 0.240. The second-order valence-electron chi connectivity index (χ2n) is 8.78. The largest absolute Gasteiger partial charge is 0.494 e. The van der Waals surface area contributed by atoms with Crippen molar-refractivity contribution in [1.29, 1.82) is 0 Å². The summed E-state index contributed by atoms with van der Waals surface area (Å²) < 4.78 is 7.58. The van der Waals surface area contributed by atoms with Gasteiger partial charge in [-0.15, -0.1) is 0 Å². The van der Waals surface area contributed by atoms with Crippen molar-refractivity contribution in [2.45, 2.75) is 45.1 Å². The second kappa shape index (κ2) is 10.4. The van der Waals surface area contributed by atoms with Crippen LogP contribution in [0.4, 0.5) is 16.3 Å². The van der Waals surface area contributed by atoms with Gasteiger partial charge in [0.2, 0.25) is 0 Å². The molecule has 1 aliphatic rings. The molecule has 1 aliphatic carbocycles. The Kier molecular flexibility index (Phi) is 6.91. The van der Waals surface area contributed by atoms with Gasteiger partial charge < -0.3 is 10.1 Å². The molecule has 1 aromatic heterocycles. The van der Waals surface area contributed by atoms with Crippen LogP contribution in [-0.4, -0.2) is 28.5 Å². The third kappa shape index (κ3) is 4.98. The molecule has 3 aromatic carbocycles. The van der Waals surface area contributed by atoms with Gasteiger partial charge in [0, 0.05) is 22.5 Å². The average molecular weight is 489 g/mol. The molecule has 1 fully saturated rings. The quantitative estimate of drug-likeness (QED) is 0.310. The van der Waals surface area contributed by atoms with Crippen LogP contribution in [-0.2, 0) is 0 Å². The molecule has 5 rings (SSSR count). The fourth-order valence-electron chi connectivity index (χ4n) is 4.70. The van der Waals surface area contributed by atoms with E-state index in [2.05, 4.69) is 5.32 Å². The van der Waals surface area contributed by atoms with E-state index in [1.807, 2.05) is 84.4 Å². The molecular formula is C28H29ClN4O2. The Morgan fingerprint density at radius 2 is 1.83 bits per heavy atom. The zero-order valence-electron chi connectivity index (χ0n) is 19.8. The number of hydrogen-bond donors (Lipinski definition) is 1. The minimum absolute atomic E-state index is 0.159. The molecule has 0 atom stereocenters. The lowest BCUT2D eigenvalue weighted by atomic mass is 9.96. The molecule has 0 unspecified atom stereocenters. The average Bonchev–Trinajstić information content (AvgIpc) is 3.25. The first-order valence-corrected chi connectivity index (χ1v) is 12.6. The smallest absolute Gasteiger partial charge is 0.327 e. The van der Waals surface area contributed by atoms with Crippen molar-refractivity contribution >= 4 is 40.0 Å². The standard InChI is InChI=1S/C28H29ClN4O2/c1-2-35-24-12-8-11-23(19-24)32(28(34)30-21-9-4-3-5-10-21)27-25-13-6-7-14-26(25)31-33(27)22-17-15-20(29)16-18-22/h6-8,11-19,21H,2-5,9-10H2,1H3,(H,30,34). The topological polar surface area (TPSA) is 59.4 Å². The molecule has 35 heavy (non-hydrogen) atoms. The van der Waals surface area contributed by atoms with Crippen molar-refractivity contribution in [3.63, 3.8) is 0 Å². The van der Waals surface area contributed by atoms with Gasteiger partial charge in [-0.25, -0.2) is 14.4 Å². The van der Waals surface area contributed by atoms with Crippen LogP contribution in [0.1, 0.15) is 39.0 Å². The van der Waals surface area contributed by atoms with Crippen LogP contribution in [0.25, 0.3) is 16.6 Å². The molecule has 0 aliphatic heterocycles. The Morgan fingerprint density at radius 3 is 2.60 bits per heavy atom. The minimum atomic E-state index is -0.175. The van der Waals surface area contributed by atoms with E-state index in [-0.39, 0.29) is 12.1 Å². The van der Waals surface area contributed by atoms with Gasteiger partial charge >= 0.3 is 6.03 Å². The first kappa shape index (κ1) is 23.2. The molecule has 0 spiro atoms. The first-order valence-electron chi connectivity index (χ1n) is 12.2. The zero-order valence-corrected chi connectivity index (χ0v) is 20.5. The van der Waals surface area contributed by atoms with E-state index in [0.29, 0.717) is 28.9 Å². The minimum Gasteiger partial charge on any atom is -0.494 e. The van der Waals surface area contributed by atoms with E-state index in [4.69, 9.17) is 21.4 Å². The number of benzene rings is 3. The van der Waals surface area contributed by atoms with E-state index in [9.17, 15) is 4.79 Å². The maximum atomic E-state index is 14.0. The van der Waals surface area contributed by atoms with Gasteiger partial charge in [-0.2, -0.15) is 5.10 Å². The van der Waals surface area contributed by atoms with Gasteiger partial charge in [0.1, 0.15) is 5.75 Å². The summed E-state index contributed by atoms with van der Waals surface area (Å²) >= 11 is 6.16. The molecular weight excluding hydrogens is 460 g/mol. The molecule has 180 valence electrons. The number of urea groups is 1. The van der Waals surface area contributed by atoms with E-state index in [1.54, 1.807) is 4.90 Å². The number of nitrogens with one attached hydrogen (secondary N) is 1. The van der Waals surface area contributed by atoms with Gasteiger partial charge in [-0.1, -0.05) is 49.1 Å². The molecule has 7 heteroatoms. The molecule has 2 amide bonds. The van der Waals surface area contributed by atoms with Crippen molar-refractivity contribution in [2.75, 3.05) is 11.5 Å². The van der Waals surface area contributed by atoms with E-state index < -0.39 is 0 Å². The summed E-state index contributed by atoms with van der Waals surface area (Å²) in [7, 11) is 0. The van der Waals surface area contributed by atoms with Gasteiger partial charge in [0.15, 0.2) is 5.82 Å². The SMILES string of the molecule is CCOc1cccc(N(C(=O)NC2CCCCC2)c2c3ccccc3nn2-c2ccc(Cl)cc2)c1. The van der Waals surface area contributed by atoms with E-state index >= 15 is 0 Å². The summed E-state index contributed by atoms with van der Waals surface area (Å²) in [4.78, 5) is 15.7. The van der Waals surface area contributed by atoms with E-state index in [0.717, 1.165) is 42.3 Å². The molecule has 1 saturated carbocycles. The summed E-state index contributed by atoms with van der Waals surface area (Å²) in [5.41, 5.74) is 2.33. The third-order valence-corrected chi connectivity index (χ3v) is 6.61. The van der Waals surface area contributed by atoms with Crippen molar-refractivity contribution in [3.05, 3.63) is 77.8 Å². The lowest BCUT2D eigenvalue weighted by Gasteiger charge is -2.29. The maximum absolute atomic E-state index is 14.0. The number of carbonyl (C=O) groups is 1. The highest BCUT2D eigenvalue weighted by Gasteiger charge is 2.28. The summed E-state index contributed by atoms with van der Waals surface area (Å²) in [5.74, 6) is 1.38. The Labute approximate surface area is 210 Å². The van der Waals surface area contributed by atoms with Crippen molar-refractivity contribution in [2.24, 2.45) is 0 Å². The first-order chi connectivity index (χ1) is 17.1. The van der Waals surface area contributed by atoms with Gasteiger partial charge in [0.05, 0.1) is 23.5 Å². The number of aromatic nitrogens is 2. The van der Waals surface area contributed by atoms with Crippen LogP contribution in [0.3, 0.4) is 0 Å².